The Balaban J connectivity index is 1.52. The second kappa shape index (κ2) is 7.10. The molecule has 1 aromatic heterocycles. The molecule has 3 N–H and O–H groups in total. The number of carbonyl (C=O) groups is 2. The minimum atomic E-state index is -0.480. The summed E-state index contributed by atoms with van der Waals surface area (Å²) in [5, 5.41) is 0. The van der Waals surface area contributed by atoms with Crippen LogP contribution in [0.2, 0.25) is 0 Å². The molecule has 2 heterocycles. The van der Waals surface area contributed by atoms with Gasteiger partial charge < -0.3 is 15.1 Å². The number of H-pyrrole nitrogens is 1. The fourth-order valence-corrected chi connectivity index (χ4v) is 3.09. The molecule has 1 atom stereocenters. The quantitative estimate of drug-likeness (QED) is 0.796. The van der Waals surface area contributed by atoms with Crippen molar-refractivity contribution in [2.75, 3.05) is 26.2 Å². The van der Waals surface area contributed by atoms with Gasteiger partial charge in [0, 0.05) is 32.6 Å². The van der Waals surface area contributed by atoms with E-state index in [4.69, 9.17) is 10.2 Å². The van der Waals surface area contributed by atoms with Gasteiger partial charge in [-0.25, -0.2) is 4.79 Å². The number of nitrogens with two attached hydrogens (primary N) is 1. The van der Waals surface area contributed by atoms with E-state index in [0.29, 0.717) is 50.1 Å². The topological polar surface area (TPSA) is 113 Å². The van der Waals surface area contributed by atoms with Gasteiger partial charge in [0.1, 0.15) is 0 Å². The highest BCUT2D eigenvalue weighted by atomic mass is 16.4. The number of nitrogens with one attached hydrogen (secondary N) is 1. The van der Waals surface area contributed by atoms with Crippen LogP contribution < -0.4 is 11.5 Å². The molecule has 3 rings (SSSR count). The zero-order valence-electron chi connectivity index (χ0n) is 14.2. The first-order valence-corrected chi connectivity index (χ1v) is 8.37. The zero-order valence-corrected chi connectivity index (χ0v) is 14.2. The Kier molecular flexibility index (Phi) is 4.89. The largest absolute Gasteiger partial charge is 0.417 e. The molecule has 8 heteroatoms. The average molecular weight is 346 g/mol. The van der Waals surface area contributed by atoms with Crippen LogP contribution in [-0.4, -0.2) is 58.8 Å². The molecule has 0 aliphatic carbocycles. The van der Waals surface area contributed by atoms with Crippen LogP contribution in [0.25, 0.3) is 11.1 Å². The van der Waals surface area contributed by atoms with Gasteiger partial charge in [-0.1, -0.05) is 6.07 Å². The number of carbonyl (C=O) groups excluding carboxylic acids is 2. The molecule has 1 saturated heterocycles. The van der Waals surface area contributed by atoms with Gasteiger partial charge in [0.05, 0.1) is 11.6 Å². The first-order valence-electron chi connectivity index (χ1n) is 8.37. The van der Waals surface area contributed by atoms with E-state index in [-0.39, 0.29) is 17.9 Å². The number of oxazole rings is 1. The maximum absolute atomic E-state index is 12.4. The van der Waals surface area contributed by atoms with Crippen molar-refractivity contribution in [2.45, 2.75) is 25.8 Å². The summed E-state index contributed by atoms with van der Waals surface area (Å²) in [5.41, 5.74) is 7.43. The summed E-state index contributed by atoms with van der Waals surface area (Å²) in [4.78, 5) is 41.2. The van der Waals surface area contributed by atoms with E-state index in [1.807, 2.05) is 15.9 Å². The fourth-order valence-electron chi connectivity index (χ4n) is 3.09. The summed E-state index contributed by atoms with van der Waals surface area (Å²) in [5.74, 6) is -0.736. The number of hydrogen-bond acceptors (Lipinski definition) is 5. The van der Waals surface area contributed by atoms with Gasteiger partial charge in [-0.15, -0.1) is 0 Å². The molecular weight excluding hydrogens is 324 g/mol. The maximum atomic E-state index is 12.4. The Morgan fingerprint density at radius 3 is 2.68 bits per heavy atom. The van der Waals surface area contributed by atoms with Crippen molar-refractivity contribution >= 4 is 22.9 Å². The van der Waals surface area contributed by atoms with Crippen LogP contribution in [0.5, 0.6) is 0 Å². The molecule has 2 amide bonds. The number of amides is 2. The van der Waals surface area contributed by atoms with Crippen LogP contribution in [0.15, 0.2) is 27.4 Å². The highest BCUT2D eigenvalue weighted by Gasteiger charge is 2.26. The number of aromatic amines is 1. The number of aryl methyl sites for hydroxylation is 1. The molecule has 134 valence electrons. The summed E-state index contributed by atoms with van der Waals surface area (Å²) in [6.45, 7) is 4.28. The number of nitrogens with zero attached hydrogens (tertiary/aromatic N) is 2. The molecule has 1 aromatic carbocycles. The molecule has 0 radical (unpaired) electrons. The van der Waals surface area contributed by atoms with E-state index in [1.165, 1.54) is 0 Å². The van der Waals surface area contributed by atoms with Crippen molar-refractivity contribution in [1.29, 1.82) is 0 Å². The summed E-state index contributed by atoms with van der Waals surface area (Å²) in [6, 6.07) is 5.14. The molecular formula is C17H22N4O4. The lowest BCUT2D eigenvalue weighted by atomic mass is 10.1. The lowest BCUT2D eigenvalue weighted by Gasteiger charge is -2.37. The van der Waals surface area contributed by atoms with E-state index < -0.39 is 5.76 Å². The molecule has 8 nitrogen and oxygen atoms in total. The average Bonchev–Trinajstić information content (AvgIpc) is 2.98. The van der Waals surface area contributed by atoms with Gasteiger partial charge in [-0.05, 0) is 31.0 Å². The Bertz CT molecular complexity index is 833. The molecule has 0 spiro atoms. The normalized spacial score (nSPS) is 16.9. The lowest BCUT2D eigenvalue weighted by Crippen LogP contribution is -2.54. The Morgan fingerprint density at radius 1 is 1.28 bits per heavy atom. The first kappa shape index (κ1) is 17.2. The number of hydrogen-bond donors (Lipinski definition) is 2. The molecule has 25 heavy (non-hydrogen) atoms. The van der Waals surface area contributed by atoms with Gasteiger partial charge in [0.2, 0.25) is 11.8 Å². The van der Waals surface area contributed by atoms with Crippen molar-refractivity contribution in [3.05, 3.63) is 34.3 Å². The van der Waals surface area contributed by atoms with Crippen molar-refractivity contribution < 1.29 is 14.0 Å². The second-order valence-electron chi connectivity index (χ2n) is 6.34. The molecule has 1 fully saturated rings. The van der Waals surface area contributed by atoms with Crippen molar-refractivity contribution in [1.82, 2.24) is 14.8 Å². The Hall–Kier alpha value is -2.61. The molecule has 2 aromatic rings. The van der Waals surface area contributed by atoms with Gasteiger partial charge in [0.15, 0.2) is 5.58 Å². The first-order chi connectivity index (χ1) is 11.9. The molecule has 1 unspecified atom stereocenters. The van der Waals surface area contributed by atoms with E-state index >= 15 is 0 Å². The number of fused-ring (bicyclic) bond motifs is 1. The van der Waals surface area contributed by atoms with E-state index in [9.17, 15) is 14.4 Å². The predicted octanol–water partition coefficient (Wildman–Crippen LogP) is 0.0717. The summed E-state index contributed by atoms with van der Waals surface area (Å²) < 4.78 is 5.04. The minimum absolute atomic E-state index is 0.0852. The van der Waals surface area contributed by atoms with E-state index in [1.54, 1.807) is 19.1 Å². The van der Waals surface area contributed by atoms with E-state index in [0.717, 1.165) is 5.56 Å². The van der Waals surface area contributed by atoms with Crippen molar-refractivity contribution in [3.8, 4) is 0 Å². The highest BCUT2D eigenvalue weighted by Crippen LogP contribution is 2.15. The predicted molar refractivity (Wildman–Crippen MR) is 92.0 cm³/mol. The van der Waals surface area contributed by atoms with Crippen LogP contribution in [0.1, 0.15) is 18.9 Å². The summed E-state index contributed by atoms with van der Waals surface area (Å²) in [6.07, 6.45) is 0.979. The third-order valence-electron chi connectivity index (χ3n) is 4.74. The number of aromatic nitrogens is 1. The summed E-state index contributed by atoms with van der Waals surface area (Å²) in [7, 11) is 0. The Labute approximate surface area is 144 Å². The van der Waals surface area contributed by atoms with Crippen LogP contribution in [0.3, 0.4) is 0 Å². The summed E-state index contributed by atoms with van der Waals surface area (Å²) >= 11 is 0. The molecule has 0 bridgehead atoms. The van der Waals surface area contributed by atoms with Gasteiger partial charge >= 0.3 is 5.76 Å². The SMILES string of the molecule is CC(C(N)=O)N1CCN(C(=O)CCc2ccc3[nH]c(=O)oc3c2)CC1. The third kappa shape index (κ3) is 3.90. The van der Waals surface area contributed by atoms with Gasteiger partial charge in [-0.3, -0.25) is 19.5 Å². The number of primary amides is 1. The third-order valence-corrected chi connectivity index (χ3v) is 4.74. The van der Waals surface area contributed by atoms with Crippen molar-refractivity contribution in [2.24, 2.45) is 5.73 Å². The number of piperazine rings is 1. The second-order valence-corrected chi connectivity index (χ2v) is 6.34. The Morgan fingerprint density at radius 2 is 2.00 bits per heavy atom. The number of benzene rings is 1. The lowest BCUT2D eigenvalue weighted by molar-refractivity contribution is -0.133. The fraction of sp³-hybridized carbons (Fsp3) is 0.471. The van der Waals surface area contributed by atoms with Crippen LogP contribution in [0, 0.1) is 0 Å². The highest BCUT2D eigenvalue weighted by molar-refractivity contribution is 5.79. The maximum Gasteiger partial charge on any atom is 0.417 e. The minimum Gasteiger partial charge on any atom is -0.408 e. The number of rotatable bonds is 5. The monoisotopic (exact) mass is 346 g/mol. The van der Waals surface area contributed by atoms with Crippen LogP contribution in [-0.2, 0) is 16.0 Å². The standard InChI is InChI=1S/C17H22N4O4/c1-11(16(18)23)20-6-8-21(9-7-20)15(22)5-3-12-2-4-13-14(10-12)25-17(24)19-13/h2,4,10-11H,3,5-9H2,1H3,(H2,18,23)(H,19,24). The molecule has 1 aliphatic heterocycles. The van der Waals surface area contributed by atoms with Gasteiger partial charge in [-0.2, -0.15) is 0 Å². The van der Waals surface area contributed by atoms with Gasteiger partial charge in [0.25, 0.3) is 0 Å². The van der Waals surface area contributed by atoms with Crippen molar-refractivity contribution in [3.63, 3.8) is 0 Å². The zero-order chi connectivity index (χ0) is 18.0. The van der Waals surface area contributed by atoms with Crippen LogP contribution in [0.4, 0.5) is 0 Å². The molecule has 0 saturated carbocycles. The molecule has 1 aliphatic rings. The smallest absolute Gasteiger partial charge is 0.408 e. The van der Waals surface area contributed by atoms with Crippen LogP contribution >= 0.6 is 0 Å². The van der Waals surface area contributed by atoms with E-state index in [2.05, 4.69) is 4.98 Å².